The van der Waals surface area contributed by atoms with Gasteiger partial charge in [-0.25, -0.2) is 0 Å². The van der Waals surface area contributed by atoms with Gasteiger partial charge in [0.2, 0.25) is 5.91 Å². The Labute approximate surface area is 88.1 Å². The fraction of sp³-hybridized carbons (Fsp3) is 0.364. The van der Waals surface area contributed by atoms with Gasteiger partial charge in [0.1, 0.15) is 12.0 Å². The molecule has 1 saturated heterocycles. The van der Waals surface area contributed by atoms with Crippen molar-refractivity contribution in [2.24, 2.45) is 0 Å². The molecule has 1 aromatic rings. The molecule has 0 aromatic heterocycles. The molecule has 0 radical (unpaired) electrons. The van der Waals surface area contributed by atoms with Crippen molar-refractivity contribution < 1.29 is 14.6 Å². The number of carbonyl (C=O) groups excluding carboxylic acids is 1. The largest absolute Gasteiger partial charge is 0.497 e. The summed E-state index contributed by atoms with van der Waals surface area (Å²) in [6.45, 7) is 0. The number of aliphatic hydroxyl groups is 1. The van der Waals surface area contributed by atoms with Crippen molar-refractivity contribution in [1.29, 1.82) is 0 Å². The standard InChI is InChI=1S/C11H13NO3/c1-15-9-4-2-8(3-5-9)12-10(13)6-7-11(12)14/h2-5,10,13H,6-7H2,1H3. The topological polar surface area (TPSA) is 49.8 Å². The van der Waals surface area contributed by atoms with E-state index in [1.807, 2.05) is 0 Å². The van der Waals surface area contributed by atoms with Gasteiger partial charge in [-0.05, 0) is 24.3 Å². The number of ether oxygens (including phenoxy) is 1. The summed E-state index contributed by atoms with van der Waals surface area (Å²) in [5.74, 6) is 0.701. The first kappa shape index (κ1) is 9.98. The molecule has 1 unspecified atom stereocenters. The number of anilines is 1. The number of methoxy groups -OCH3 is 1. The highest BCUT2D eigenvalue weighted by molar-refractivity contribution is 5.95. The number of aliphatic hydroxyl groups excluding tert-OH is 1. The molecule has 1 heterocycles. The maximum absolute atomic E-state index is 11.5. The Bertz CT molecular complexity index is 361. The van der Waals surface area contributed by atoms with E-state index < -0.39 is 6.23 Å². The van der Waals surface area contributed by atoms with Crippen LogP contribution in [0.1, 0.15) is 12.8 Å². The summed E-state index contributed by atoms with van der Waals surface area (Å²) < 4.78 is 5.02. The molecule has 0 spiro atoms. The average Bonchev–Trinajstić information content (AvgIpc) is 2.59. The SMILES string of the molecule is COc1ccc(N2C(=O)CCC2O)cc1. The molecular weight excluding hydrogens is 194 g/mol. The summed E-state index contributed by atoms with van der Waals surface area (Å²) in [6, 6.07) is 7.08. The average molecular weight is 207 g/mol. The van der Waals surface area contributed by atoms with E-state index >= 15 is 0 Å². The Morgan fingerprint density at radius 2 is 2.07 bits per heavy atom. The lowest BCUT2D eigenvalue weighted by molar-refractivity contribution is -0.117. The van der Waals surface area contributed by atoms with E-state index in [0.717, 1.165) is 5.75 Å². The van der Waals surface area contributed by atoms with Crippen molar-refractivity contribution in [2.75, 3.05) is 12.0 Å². The fourth-order valence-electron chi connectivity index (χ4n) is 1.73. The van der Waals surface area contributed by atoms with E-state index in [1.54, 1.807) is 31.4 Å². The van der Waals surface area contributed by atoms with Gasteiger partial charge in [0.15, 0.2) is 0 Å². The first-order valence-corrected chi connectivity index (χ1v) is 4.86. The molecule has 1 atom stereocenters. The van der Waals surface area contributed by atoms with Crippen LogP contribution in [0.15, 0.2) is 24.3 Å². The second-order valence-electron chi connectivity index (χ2n) is 3.48. The maximum Gasteiger partial charge on any atom is 0.229 e. The molecule has 1 aliphatic heterocycles. The molecule has 1 N–H and O–H groups in total. The molecule has 1 aromatic carbocycles. The zero-order valence-corrected chi connectivity index (χ0v) is 8.51. The van der Waals surface area contributed by atoms with Crippen molar-refractivity contribution in [2.45, 2.75) is 19.1 Å². The highest BCUT2D eigenvalue weighted by Gasteiger charge is 2.30. The number of hydrogen-bond acceptors (Lipinski definition) is 3. The molecule has 80 valence electrons. The molecule has 1 fully saturated rings. The van der Waals surface area contributed by atoms with Crippen LogP contribution in [-0.2, 0) is 4.79 Å². The van der Waals surface area contributed by atoms with Crippen LogP contribution in [0, 0.1) is 0 Å². The van der Waals surface area contributed by atoms with E-state index in [-0.39, 0.29) is 5.91 Å². The minimum Gasteiger partial charge on any atom is -0.497 e. The number of carbonyl (C=O) groups is 1. The summed E-state index contributed by atoms with van der Waals surface area (Å²) in [5.41, 5.74) is 0.714. The monoisotopic (exact) mass is 207 g/mol. The van der Waals surface area contributed by atoms with Crippen LogP contribution < -0.4 is 9.64 Å². The zero-order valence-electron chi connectivity index (χ0n) is 8.51. The molecular formula is C11H13NO3. The van der Waals surface area contributed by atoms with Crippen molar-refractivity contribution in [3.63, 3.8) is 0 Å². The molecule has 15 heavy (non-hydrogen) atoms. The Hall–Kier alpha value is -1.55. The summed E-state index contributed by atoms with van der Waals surface area (Å²) in [5, 5.41) is 9.61. The third-order valence-electron chi connectivity index (χ3n) is 2.53. The number of nitrogens with zero attached hydrogens (tertiary/aromatic N) is 1. The third-order valence-corrected chi connectivity index (χ3v) is 2.53. The summed E-state index contributed by atoms with van der Waals surface area (Å²) in [7, 11) is 1.59. The molecule has 2 rings (SSSR count). The van der Waals surface area contributed by atoms with Gasteiger partial charge in [-0.2, -0.15) is 0 Å². The van der Waals surface area contributed by atoms with E-state index in [0.29, 0.717) is 18.5 Å². The van der Waals surface area contributed by atoms with E-state index in [2.05, 4.69) is 0 Å². The lowest BCUT2D eigenvalue weighted by Gasteiger charge is -2.20. The van der Waals surface area contributed by atoms with Gasteiger partial charge in [0.05, 0.1) is 7.11 Å². The van der Waals surface area contributed by atoms with E-state index in [1.165, 1.54) is 4.90 Å². The van der Waals surface area contributed by atoms with Crippen LogP contribution in [0.3, 0.4) is 0 Å². The second-order valence-corrected chi connectivity index (χ2v) is 3.48. The Balaban J connectivity index is 2.25. The van der Waals surface area contributed by atoms with Gasteiger partial charge in [-0.1, -0.05) is 0 Å². The first-order chi connectivity index (χ1) is 7.22. The Morgan fingerprint density at radius 3 is 2.53 bits per heavy atom. The smallest absolute Gasteiger partial charge is 0.229 e. The van der Waals surface area contributed by atoms with Crippen molar-refractivity contribution in [3.05, 3.63) is 24.3 Å². The van der Waals surface area contributed by atoms with Crippen molar-refractivity contribution in [1.82, 2.24) is 0 Å². The lowest BCUT2D eigenvalue weighted by Crippen LogP contribution is -2.32. The Morgan fingerprint density at radius 1 is 1.40 bits per heavy atom. The molecule has 4 nitrogen and oxygen atoms in total. The highest BCUT2D eigenvalue weighted by Crippen LogP contribution is 2.26. The predicted octanol–water partition coefficient (Wildman–Crippen LogP) is 1.14. The highest BCUT2D eigenvalue weighted by atomic mass is 16.5. The van der Waals surface area contributed by atoms with Gasteiger partial charge in [-0.3, -0.25) is 9.69 Å². The van der Waals surface area contributed by atoms with Gasteiger partial charge < -0.3 is 9.84 Å². The second kappa shape index (κ2) is 3.90. The summed E-state index contributed by atoms with van der Waals surface area (Å²) in [4.78, 5) is 12.9. The van der Waals surface area contributed by atoms with Crippen LogP contribution in [0.4, 0.5) is 5.69 Å². The van der Waals surface area contributed by atoms with Crippen LogP contribution in [0.25, 0.3) is 0 Å². The quantitative estimate of drug-likeness (QED) is 0.791. The van der Waals surface area contributed by atoms with Crippen molar-refractivity contribution >= 4 is 11.6 Å². The van der Waals surface area contributed by atoms with Crippen LogP contribution in [0.2, 0.25) is 0 Å². The number of hydrogen-bond donors (Lipinski definition) is 1. The minimum atomic E-state index is -0.689. The van der Waals surface area contributed by atoms with Crippen LogP contribution in [-0.4, -0.2) is 24.4 Å². The molecule has 4 heteroatoms. The molecule has 0 saturated carbocycles. The molecule has 1 aliphatic rings. The number of benzene rings is 1. The zero-order chi connectivity index (χ0) is 10.8. The van der Waals surface area contributed by atoms with Crippen LogP contribution >= 0.6 is 0 Å². The lowest BCUT2D eigenvalue weighted by atomic mass is 10.3. The van der Waals surface area contributed by atoms with E-state index in [4.69, 9.17) is 4.74 Å². The van der Waals surface area contributed by atoms with Gasteiger partial charge in [0.25, 0.3) is 0 Å². The molecule has 1 amide bonds. The summed E-state index contributed by atoms with van der Waals surface area (Å²) in [6.07, 6.45) is 0.226. The van der Waals surface area contributed by atoms with E-state index in [9.17, 15) is 9.90 Å². The molecule has 0 aliphatic carbocycles. The minimum absolute atomic E-state index is 0.0346. The first-order valence-electron chi connectivity index (χ1n) is 4.86. The number of rotatable bonds is 2. The fourth-order valence-corrected chi connectivity index (χ4v) is 1.73. The van der Waals surface area contributed by atoms with Gasteiger partial charge in [0, 0.05) is 18.5 Å². The van der Waals surface area contributed by atoms with Gasteiger partial charge in [-0.15, -0.1) is 0 Å². The Kier molecular flexibility index (Phi) is 2.60. The van der Waals surface area contributed by atoms with Crippen LogP contribution in [0.5, 0.6) is 5.75 Å². The predicted molar refractivity (Wildman–Crippen MR) is 55.7 cm³/mol. The number of amides is 1. The van der Waals surface area contributed by atoms with Crippen molar-refractivity contribution in [3.8, 4) is 5.75 Å². The normalized spacial score (nSPS) is 20.8. The third kappa shape index (κ3) is 1.80. The molecule has 0 bridgehead atoms. The summed E-state index contributed by atoms with van der Waals surface area (Å²) >= 11 is 0. The maximum atomic E-state index is 11.5. The van der Waals surface area contributed by atoms with Gasteiger partial charge >= 0.3 is 0 Å².